The maximum absolute atomic E-state index is 6.32. The van der Waals surface area contributed by atoms with Gasteiger partial charge in [0.2, 0.25) is 0 Å². The maximum Gasteiger partial charge on any atom is 0.101 e. The van der Waals surface area contributed by atoms with Crippen molar-refractivity contribution in [1.29, 1.82) is 0 Å². The average Bonchev–Trinajstić information content (AvgIpc) is 2.63. The first kappa shape index (κ1) is 11.9. The highest BCUT2D eigenvalue weighted by Crippen LogP contribution is 2.27. The van der Waals surface area contributed by atoms with E-state index in [2.05, 4.69) is 32.9 Å². The van der Waals surface area contributed by atoms with Gasteiger partial charge in [-0.25, -0.2) is 0 Å². The van der Waals surface area contributed by atoms with Crippen molar-refractivity contribution in [3.63, 3.8) is 0 Å². The van der Waals surface area contributed by atoms with E-state index in [9.17, 15) is 0 Å². The molecule has 0 aliphatic rings. The molecule has 1 unspecified atom stereocenters. The van der Waals surface area contributed by atoms with E-state index in [1.165, 1.54) is 22.3 Å². The summed E-state index contributed by atoms with van der Waals surface area (Å²) >= 11 is 0. The molecule has 2 heteroatoms. The normalized spacial score (nSPS) is 12.8. The Hall–Kier alpha value is -1.54. The Morgan fingerprint density at radius 3 is 2.06 bits per heavy atom. The Labute approximate surface area is 102 Å². The number of aryl methyl sites for hydroxylation is 4. The summed E-state index contributed by atoms with van der Waals surface area (Å²) in [5.74, 6) is 0.901. The molecule has 17 heavy (non-hydrogen) atoms. The monoisotopic (exact) mass is 229 g/mol. The van der Waals surface area contributed by atoms with E-state index in [1.54, 1.807) is 6.26 Å². The minimum atomic E-state index is -0.104. The number of rotatable bonds is 2. The smallest absolute Gasteiger partial charge is 0.101 e. The third-order valence-electron chi connectivity index (χ3n) is 3.16. The molecule has 0 bridgehead atoms. The van der Waals surface area contributed by atoms with Gasteiger partial charge in [0.1, 0.15) is 5.76 Å². The van der Waals surface area contributed by atoms with Crippen LogP contribution in [-0.2, 0) is 0 Å². The maximum atomic E-state index is 6.32. The van der Waals surface area contributed by atoms with Gasteiger partial charge >= 0.3 is 0 Å². The quantitative estimate of drug-likeness (QED) is 0.855. The predicted molar refractivity (Wildman–Crippen MR) is 70.1 cm³/mol. The summed E-state index contributed by atoms with van der Waals surface area (Å²) in [7, 11) is 0. The van der Waals surface area contributed by atoms with E-state index in [1.807, 2.05) is 13.0 Å². The van der Waals surface area contributed by atoms with E-state index < -0.39 is 0 Å². The lowest BCUT2D eigenvalue weighted by Gasteiger charge is -2.17. The summed E-state index contributed by atoms with van der Waals surface area (Å²) in [6, 6.07) is 6.25. The molecule has 2 N–H and O–H groups in total. The second kappa shape index (κ2) is 4.38. The van der Waals surface area contributed by atoms with Gasteiger partial charge in [-0.15, -0.1) is 0 Å². The zero-order valence-corrected chi connectivity index (χ0v) is 10.9. The second-order valence-corrected chi connectivity index (χ2v) is 4.78. The predicted octanol–water partition coefficient (Wildman–Crippen LogP) is 3.56. The first-order valence-electron chi connectivity index (χ1n) is 5.87. The van der Waals surface area contributed by atoms with Crippen molar-refractivity contribution in [1.82, 2.24) is 0 Å². The van der Waals surface area contributed by atoms with Gasteiger partial charge in [0.15, 0.2) is 0 Å². The highest BCUT2D eigenvalue weighted by molar-refractivity contribution is 5.43. The molecule has 2 nitrogen and oxygen atoms in total. The third kappa shape index (κ3) is 2.27. The molecule has 90 valence electrons. The number of hydrogen-bond acceptors (Lipinski definition) is 2. The van der Waals surface area contributed by atoms with Crippen LogP contribution in [0.5, 0.6) is 0 Å². The van der Waals surface area contributed by atoms with E-state index in [-0.39, 0.29) is 6.04 Å². The van der Waals surface area contributed by atoms with Gasteiger partial charge in [-0.2, -0.15) is 0 Å². The molecule has 0 spiro atoms. The number of hydrogen-bond donors (Lipinski definition) is 1. The van der Waals surface area contributed by atoms with Crippen LogP contribution in [-0.4, -0.2) is 0 Å². The van der Waals surface area contributed by atoms with Crippen LogP contribution in [0.2, 0.25) is 0 Å². The Morgan fingerprint density at radius 1 is 1.00 bits per heavy atom. The Kier molecular flexibility index (Phi) is 3.07. The van der Waals surface area contributed by atoms with Gasteiger partial charge in [-0.1, -0.05) is 17.7 Å². The summed E-state index contributed by atoms with van der Waals surface area (Å²) < 4.78 is 5.33. The minimum Gasteiger partial charge on any atom is -0.469 e. The van der Waals surface area contributed by atoms with Gasteiger partial charge in [-0.3, -0.25) is 0 Å². The molecule has 1 atom stereocenters. The number of nitrogens with two attached hydrogens (primary N) is 1. The summed E-state index contributed by atoms with van der Waals surface area (Å²) in [5, 5.41) is 0. The fraction of sp³-hybridized carbons (Fsp3) is 0.333. The lowest BCUT2D eigenvalue weighted by atomic mass is 9.91. The average molecular weight is 229 g/mol. The summed E-state index contributed by atoms with van der Waals surface area (Å²) in [6.45, 7) is 8.27. The largest absolute Gasteiger partial charge is 0.469 e. The van der Waals surface area contributed by atoms with Crippen LogP contribution >= 0.6 is 0 Å². The molecular weight excluding hydrogens is 210 g/mol. The molecule has 0 saturated carbocycles. The van der Waals surface area contributed by atoms with Crippen molar-refractivity contribution in [2.24, 2.45) is 5.73 Å². The van der Waals surface area contributed by atoms with Crippen LogP contribution < -0.4 is 5.73 Å². The van der Waals surface area contributed by atoms with E-state index in [4.69, 9.17) is 10.2 Å². The van der Waals surface area contributed by atoms with Crippen LogP contribution in [0.1, 0.15) is 39.6 Å². The van der Waals surface area contributed by atoms with Crippen molar-refractivity contribution in [2.45, 2.75) is 33.7 Å². The summed E-state index contributed by atoms with van der Waals surface area (Å²) in [6.07, 6.45) is 1.75. The fourth-order valence-electron chi connectivity index (χ4n) is 2.48. The third-order valence-corrected chi connectivity index (χ3v) is 3.16. The van der Waals surface area contributed by atoms with E-state index in [0.717, 1.165) is 11.3 Å². The number of furan rings is 1. The van der Waals surface area contributed by atoms with Crippen molar-refractivity contribution < 1.29 is 4.42 Å². The zero-order chi connectivity index (χ0) is 12.6. The molecule has 0 amide bonds. The van der Waals surface area contributed by atoms with E-state index in [0.29, 0.717) is 0 Å². The molecule has 1 heterocycles. The Balaban J connectivity index is 2.47. The molecule has 0 radical (unpaired) electrons. The minimum absolute atomic E-state index is 0.104. The highest BCUT2D eigenvalue weighted by Gasteiger charge is 2.16. The van der Waals surface area contributed by atoms with Crippen molar-refractivity contribution >= 4 is 0 Å². The molecule has 1 aromatic heterocycles. The van der Waals surface area contributed by atoms with Gasteiger partial charge in [0.25, 0.3) is 0 Å². The second-order valence-electron chi connectivity index (χ2n) is 4.78. The van der Waals surface area contributed by atoms with Crippen molar-refractivity contribution in [3.05, 3.63) is 58.0 Å². The van der Waals surface area contributed by atoms with Gasteiger partial charge in [0, 0.05) is 5.56 Å². The van der Waals surface area contributed by atoms with Gasteiger partial charge in [-0.05, 0) is 50.5 Å². The molecular formula is C15H19NO. The lowest BCUT2D eigenvalue weighted by Crippen LogP contribution is -2.14. The molecule has 0 fully saturated rings. The van der Waals surface area contributed by atoms with E-state index >= 15 is 0 Å². The lowest BCUT2D eigenvalue weighted by molar-refractivity contribution is 0.530. The standard InChI is InChI=1S/C15H19NO/c1-9-5-10(2)14(11(3)6-9)15(16)13-7-12(4)17-8-13/h5-8,15H,16H2,1-4H3. The summed E-state index contributed by atoms with van der Waals surface area (Å²) in [5.41, 5.74) is 12.3. The van der Waals surface area contributed by atoms with Crippen LogP contribution in [0.3, 0.4) is 0 Å². The fourth-order valence-corrected chi connectivity index (χ4v) is 2.48. The van der Waals surface area contributed by atoms with Gasteiger partial charge in [0.05, 0.1) is 12.3 Å². The molecule has 1 aromatic carbocycles. The van der Waals surface area contributed by atoms with Crippen LogP contribution in [0.15, 0.2) is 28.9 Å². The molecule has 2 rings (SSSR count). The topological polar surface area (TPSA) is 39.2 Å². The molecule has 0 saturated heterocycles. The molecule has 0 aliphatic carbocycles. The SMILES string of the molecule is Cc1cc(C)c(C(N)c2coc(C)c2)c(C)c1. The number of benzene rings is 1. The highest BCUT2D eigenvalue weighted by atomic mass is 16.3. The Morgan fingerprint density at radius 2 is 1.59 bits per heavy atom. The molecule has 2 aromatic rings. The first-order chi connectivity index (χ1) is 7.99. The van der Waals surface area contributed by atoms with Crippen molar-refractivity contribution in [3.8, 4) is 0 Å². The molecule has 0 aliphatic heterocycles. The van der Waals surface area contributed by atoms with Crippen LogP contribution in [0.4, 0.5) is 0 Å². The van der Waals surface area contributed by atoms with Crippen molar-refractivity contribution in [2.75, 3.05) is 0 Å². The Bertz CT molecular complexity index is 517. The van der Waals surface area contributed by atoms with Crippen LogP contribution in [0, 0.1) is 27.7 Å². The first-order valence-corrected chi connectivity index (χ1v) is 5.87. The zero-order valence-electron chi connectivity index (χ0n) is 10.9. The van der Waals surface area contributed by atoms with Gasteiger partial charge < -0.3 is 10.2 Å². The summed E-state index contributed by atoms with van der Waals surface area (Å²) in [4.78, 5) is 0. The van der Waals surface area contributed by atoms with Crippen LogP contribution in [0.25, 0.3) is 0 Å².